The van der Waals surface area contributed by atoms with Gasteiger partial charge in [0.25, 0.3) is 0 Å². The number of rotatable bonds is 5. The summed E-state index contributed by atoms with van der Waals surface area (Å²) in [7, 11) is 0. The fourth-order valence-electron chi connectivity index (χ4n) is 12.2. The molecule has 15 rings (SSSR count). The SMILES string of the molecule is c1ccc(N(c2ccc3c(c2)C2(c4ccccc4-c4ccccc42)c2ccccc2-3)c2ccccc2-n2c3ccccc3c3ccccc32)c(-c2ccc3oc4c5ccccc5ccc4c3c2)c1. The van der Waals surface area contributed by atoms with Crippen LogP contribution in [-0.2, 0) is 5.41 Å². The molecular weight excluding hydrogens is 825 g/mol. The number of benzene rings is 11. The Morgan fingerprint density at radius 2 is 0.897 bits per heavy atom. The van der Waals surface area contributed by atoms with Crippen LogP contribution in [0.3, 0.4) is 0 Å². The minimum Gasteiger partial charge on any atom is -0.455 e. The van der Waals surface area contributed by atoms with E-state index in [-0.39, 0.29) is 0 Å². The molecule has 11 aromatic carbocycles. The van der Waals surface area contributed by atoms with Crippen molar-refractivity contribution in [3.05, 3.63) is 265 Å². The Morgan fingerprint density at radius 3 is 1.59 bits per heavy atom. The summed E-state index contributed by atoms with van der Waals surface area (Å²) in [5, 5.41) is 6.98. The summed E-state index contributed by atoms with van der Waals surface area (Å²) in [6.45, 7) is 0. The normalized spacial score (nSPS) is 13.1. The van der Waals surface area contributed by atoms with Crippen LogP contribution in [0.5, 0.6) is 0 Å². The number of furan rings is 1. The minimum absolute atomic E-state index is 0.496. The van der Waals surface area contributed by atoms with E-state index in [2.05, 4.69) is 252 Å². The van der Waals surface area contributed by atoms with Gasteiger partial charge in [0, 0.05) is 38.2 Å². The summed E-state index contributed by atoms with van der Waals surface area (Å²) < 4.78 is 9.11. The lowest BCUT2D eigenvalue weighted by Gasteiger charge is -2.33. The van der Waals surface area contributed by atoms with Crippen molar-refractivity contribution in [2.75, 3.05) is 4.90 Å². The zero-order valence-electron chi connectivity index (χ0n) is 36.9. The molecule has 316 valence electrons. The Hall–Kier alpha value is -8.92. The number of aromatic nitrogens is 1. The van der Waals surface area contributed by atoms with Gasteiger partial charge in [0.1, 0.15) is 11.2 Å². The van der Waals surface area contributed by atoms with Crippen LogP contribution in [0, 0.1) is 0 Å². The average molecular weight is 865 g/mol. The maximum atomic E-state index is 6.65. The van der Waals surface area contributed by atoms with Gasteiger partial charge in [-0.15, -0.1) is 0 Å². The third-order valence-corrected chi connectivity index (χ3v) is 15.0. The van der Waals surface area contributed by atoms with E-state index in [1.165, 1.54) is 71.7 Å². The standard InChI is InChI=1S/C65H40N2O/c1-2-19-45-41(17-1)33-36-52-53-39-42(34-38-63(53)68-64(45)52)44-18-6-12-28-58(44)66(61-31-15-16-32-62(61)67-59-29-13-7-23-50(59)51-24-8-14-30-60(51)67)43-35-37-49-48-22-5-11-27-56(48)65(57(49)40-43)54-25-9-3-20-46(54)47-21-4-10-26-55(47)65/h1-40H. The van der Waals surface area contributed by atoms with Crippen molar-refractivity contribution in [2.24, 2.45) is 0 Å². The highest BCUT2D eigenvalue weighted by atomic mass is 16.3. The second-order valence-corrected chi connectivity index (χ2v) is 18.3. The van der Waals surface area contributed by atoms with Crippen molar-refractivity contribution in [1.82, 2.24) is 4.57 Å². The quantitative estimate of drug-likeness (QED) is 0.172. The predicted octanol–water partition coefficient (Wildman–Crippen LogP) is 17.3. The van der Waals surface area contributed by atoms with Gasteiger partial charge in [-0.2, -0.15) is 0 Å². The minimum atomic E-state index is -0.496. The van der Waals surface area contributed by atoms with Gasteiger partial charge in [0.15, 0.2) is 0 Å². The van der Waals surface area contributed by atoms with Crippen molar-refractivity contribution in [3.8, 4) is 39.1 Å². The predicted molar refractivity (Wildman–Crippen MR) is 282 cm³/mol. The molecule has 0 aliphatic heterocycles. The number of fused-ring (bicyclic) bond motifs is 18. The highest BCUT2D eigenvalue weighted by molar-refractivity contribution is 6.16. The van der Waals surface area contributed by atoms with Crippen molar-refractivity contribution in [3.63, 3.8) is 0 Å². The van der Waals surface area contributed by atoms with Crippen molar-refractivity contribution in [1.29, 1.82) is 0 Å². The highest BCUT2D eigenvalue weighted by Gasteiger charge is 2.51. The molecular formula is C65H40N2O. The first kappa shape index (κ1) is 37.3. The van der Waals surface area contributed by atoms with Crippen molar-refractivity contribution >= 4 is 71.6 Å². The smallest absolute Gasteiger partial charge is 0.143 e. The molecule has 3 nitrogen and oxygen atoms in total. The fraction of sp³-hybridized carbons (Fsp3) is 0.0154. The molecule has 1 spiro atoms. The monoisotopic (exact) mass is 864 g/mol. The van der Waals surface area contributed by atoms with E-state index in [1.807, 2.05) is 0 Å². The van der Waals surface area contributed by atoms with E-state index >= 15 is 0 Å². The zero-order valence-corrected chi connectivity index (χ0v) is 36.9. The lowest BCUT2D eigenvalue weighted by Crippen LogP contribution is -2.26. The van der Waals surface area contributed by atoms with Gasteiger partial charge >= 0.3 is 0 Å². The molecule has 0 atom stereocenters. The van der Waals surface area contributed by atoms with Gasteiger partial charge in [-0.05, 0) is 116 Å². The molecule has 0 saturated carbocycles. The third-order valence-electron chi connectivity index (χ3n) is 15.0. The topological polar surface area (TPSA) is 21.3 Å². The summed E-state index contributed by atoms with van der Waals surface area (Å²) in [5.41, 5.74) is 20.6. The summed E-state index contributed by atoms with van der Waals surface area (Å²) in [5.74, 6) is 0. The Balaban J connectivity index is 1.02. The molecule has 68 heavy (non-hydrogen) atoms. The molecule has 0 fully saturated rings. The lowest BCUT2D eigenvalue weighted by atomic mass is 9.70. The molecule has 2 aromatic heterocycles. The molecule has 3 heteroatoms. The van der Waals surface area contributed by atoms with Crippen LogP contribution in [0.15, 0.2) is 247 Å². The maximum absolute atomic E-state index is 6.65. The number of hydrogen-bond donors (Lipinski definition) is 0. The number of nitrogens with zero attached hydrogens (tertiary/aromatic N) is 2. The van der Waals surface area contributed by atoms with Crippen LogP contribution in [0.1, 0.15) is 22.3 Å². The van der Waals surface area contributed by atoms with Gasteiger partial charge in [0.2, 0.25) is 0 Å². The van der Waals surface area contributed by atoms with Crippen LogP contribution >= 0.6 is 0 Å². The third kappa shape index (κ3) is 4.97. The van der Waals surface area contributed by atoms with E-state index in [4.69, 9.17) is 4.42 Å². The fourth-order valence-corrected chi connectivity index (χ4v) is 12.2. The number of hydrogen-bond acceptors (Lipinski definition) is 2. The van der Waals surface area contributed by atoms with Gasteiger partial charge in [-0.25, -0.2) is 0 Å². The first-order chi connectivity index (χ1) is 33.8. The summed E-state index contributed by atoms with van der Waals surface area (Å²) >= 11 is 0. The van der Waals surface area contributed by atoms with Crippen molar-refractivity contribution in [2.45, 2.75) is 5.41 Å². The Bertz CT molecular complexity index is 4130. The molecule has 0 N–H and O–H groups in total. The van der Waals surface area contributed by atoms with Crippen molar-refractivity contribution < 1.29 is 4.42 Å². The van der Waals surface area contributed by atoms with Crippen LogP contribution in [0.2, 0.25) is 0 Å². The zero-order chi connectivity index (χ0) is 44.5. The molecule has 0 saturated heterocycles. The van der Waals surface area contributed by atoms with Crippen LogP contribution in [-0.4, -0.2) is 4.57 Å². The molecule has 0 radical (unpaired) electrons. The van der Waals surface area contributed by atoms with Gasteiger partial charge < -0.3 is 13.9 Å². The lowest BCUT2D eigenvalue weighted by molar-refractivity contribution is 0.672. The largest absolute Gasteiger partial charge is 0.455 e. The van der Waals surface area contributed by atoms with Crippen LogP contribution < -0.4 is 4.90 Å². The molecule has 2 aliphatic carbocycles. The average Bonchev–Trinajstić information content (AvgIpc) is 4.13. The van der Waals surface area contributed by atoms with Crippen LogP contribution in [0.25, 0.3) is 93.6 Å². The van der Waals surface area contributed by atoms with E-state index < -0.39 is 5.41 Å². The molecule has 0 amide bonds. The highest BCUT2D eigenvalue weighted by Crippen LogP contribution is 2.63. The summed E-state index contributed by atoms with van der Waals surface area (Å²) in [6, 6.07) is 89.5. The van der Waals surface area contributed by atoms with E-state index in [1.54, 1.807) is 0 Å². The molecule has 0 bridgehead atoms. The first-order valence-corrected chi connectivity index (χ1v) is 23.5. The first-order valence-electron chi connectivity index (χ1n) is 23.5. The Morgan fingerprint density at radius 1 is 0.353 bits per heavy atom. The van der Waals surface area contributed by atoms with Gasteiger partial charge in [0.05, 0.1) is 33.5 Å². The Labute approximate surface area is 393 Å². The molecule has 13 aromatic rings. The van der Waals surface area contributed by atoms with Gasteiger partial charge in [-0.1, -0.05) is 182 Å². The maximum Gasteiger partial charge on any atom is 0.143 e. The van der Waals surface area contributed by atoms with Crippen LogP contribution in [0.4, 0.5) is 17.1 Å². The molecule has 0 unspecified atom stereocenters. The van der Waals surface area contributed by atoms with E-state index in [0.717, 1.165) is 61.2 Å². The number of anilines is 3. The Kier molecular flexibility index (Phi) is 7.71. The molecule has 2 heterocycles. The number of para-hydroxylation sites is 5. The van der Waals surface area contributed by atoms with E-state index in [0.29, 0.717) is 0 Å². The summed E-state index contributed by atoms with van der Waals surface area (Å²) in [4.78, 5) is 2.52. The van der Waals surface area contributed by atoms with Gasteiger partial charge in [-0.3, -0.25) is 0 Å². The second-order valence-electron chi connectivity index (χ2n) is 18.3. The second kappa shape index (κ2) is 14.0. The molecule has 2 aliphatic rings. The summed E-state index contributed by atoms with van der Waals surface area (Å²) in [6.07, 6.45) is 0. The van der Waals surface area contributed by atoms with E-state index in [9.17, 15) is 0 Å².